The van der Waals surface area contributed by atoms with Crippen LogP contribution in [0, 0.1) is 0 Å². The molecule has 1 heterocycles. The van der Waals surface area contributed by atoms with E-state index < -0.39 is 0 Å². The number of hydrogen-bond donors (Lipinski definition) is 0. The molecule has 0 atom stereocenters. The lowest BCUT2D eigenvalue weighted by Gasteiger charge is -2.51. The summed E-state index contributed by atoms with van der Waals surface area (Å²) in [5.74, 6) is 0.839. The van der Waals surface area contributed by atoms with Crippen molar-refractivity contribution in [3.8, 4) is 5.75 Å². The lowest BCUT2D eigenvalue weighted by atomic mass is 9.68. The van der Waals surface area contributed by atoms with Crippen LogP contribution in [-0.4, -0.2) is 60.6 Å². The SMILES string of the molecule is COc1ccc(CN2C[C@]3(CC[C@@](c4ccccc4)(N(C)C)CC3)N(CC=C(C)C)C2=O)cc1. The molecule has 182 valence electrons. The molecule has 1 spiro atoms. The van der Waals surface area contributed by atoms with Gasteiger partial charge in [0, 0.05) is 25.2 Å². The van der Waals surface area contributed by atoms with Crippen molar-refractivity contribution in [1.29, 1.82) is 0 Å². The fraction of sp³-hybridized carbons (Fsp3) is 0.483. The molecule has 0 bridgehead atoms. The Kier molecular flexibility index (Phi) is 7.04. The zero-order valence-corrected chi connectivity index (χ0v) is 21.4. The molecule has 2 aromatic carbocycles. The molecule has 1 aliphatic heterocycles. The molecule has 2 aromatic rings. The van der Waals surface area contributed by atoms with Crippen molar-refractivity contribution in [3.63, 3.8) is 0 Å². The molecule has 0 aromatic heterocycles. The molecule has 2 fully saturated rings. The van der Waals surface area contributed by atoms with E-state index in [9.17, 15) is 4.79 Å². The fourth-order valence-corrected chi connectivity index (χ4v) is 5.80. The van der Waals surface area contributed by atoms with Gasteiger partial charge in [0.1, 0.15) is 5.75 Å². The average Bonchev–Trinajstić information content (AvgIpc) is 3.09. The van der Waals surface area contributed by atoms with E-state index in [-0.39, 0.29) is 17.1 Å². The van der Waals surface area contributed by atoms with Crippen molar-refractivity contribution in [2.75, 3.05) is 34.3 Å². The maximum Gasteiger partial charge on any atom is 0.321 e. The third-order valence-corrected chi connectivity index (χ3v) is 7.95. The smallest absolute Gasteiger partial charge is 0.321 e. The molecule has 5 heteroatoms. The molecule has 1 aliphatic carbocycles. The molecule has 4 rings (SSSR count). The number of allylic oxidation sites excluding steroid dienone is 1. The molecule has 5 nitrogen and oxygen atoms in total. The topological polar surface area (TPSA) is 36.0 Å². The van der Waals surface area contributed by atoms with Gasteiger partial charge in [0.2, 0.25) is 0 Å². The highest BCUT2D eigenvalue weighted by atomic mass is 16.5. The van der Waals surface area contributed by atoms with Gasteiger partial charge in [0.15, 0.2) is 0 Å². The van der Waals surface area contributed by atoms with Crippen LogP contribution >= 0.6 is 0 Å². The Labute approximate surface area is 205 Å². The first-order valence-electron chi connectivity index (χ1n) is 12.4. The summed E-state index contributed by atoms with van der Waals surface area (Å²) < 4.78 is 5.30. The van der Waals surface area contributed by atoms with E-state index in [0.717, 1.165) is 43.5 Å². The second kappa shape index (κ2) is 9.83. The van der Waals surface area contributed by atoms with Gasteiger partial charge in [0.05, 0.1) is 12.6 Å². The van der Waals surface area contributed by atoms with Crippen LogP contribution in [0.1, 0.15) is 50.7 Å². The zero-order valence-electron chi connectivity index (χ0n) is 21.4. The number of hydrogen-bond acceptors (Lipinski definition) is 3. The Hall–Kier alpha value is -2.79. The van der Waals surface area contributed by atoms with Gasteiger partial charge in [-0.3, -0.25) is 4.90 Å². The van der Waals surface area contributed by atoms with E-state index in [2.05, 4.69) is 86.3 Å². The highest BCUT2D eigenvalue weighted by Gasteiger charge is 2.54. The van der Waals surface area contributed by atoms with Gasteiger partial charge in [-0.1, -0.05) is 54.1 Å². The Morgan fingerprint density at radius 2 is 1.65 bits per heavy atom. The fourth-order valence-electron chi connectivity index (χ4n) is 5.80. The van der Waals surface area contributed by atoms with Gasteiger partial charge in [-0.05, 0) is 76.9 Å². The number of amides is 2. The first-order chi connectivity index (χ1) is 16.3. The first kappa shape index (κ1) is 24.3. The van der Waals surface area contributed by atoms with Crippen molar-refractivity contribution >= 4 is 6.03 Å². The molecule has 0 unspecified atom stereocenters. The van der Waals surface area contributed by atoms with Crippen LogP contribution in [0.5, 0.6) is 5.75 Å². The van der Waals surface area contributed by atoms with Gasteiger partial charge in [-0.25, -0.2) is 4.79 Å². The van der Waals surface area contributed by atoms with Gasteiger partial charge in [-0.2, -0.15) is 0 Å². The Balaban J connectivity index is 1.59. The summed E-state index contributed by atoms with van der Waals surface area (Å²) in [7, 11) is 6.07. The largest absolute Gasteiger partial charge is 0.497 e. The molecule has 34 heavy (non-hydrogen) atoms. The van der Waals surface area contributed by atoms with Gasteiger partial charge in [0.25, 0.3) is 0 Å². The average molecular weight is 462 g/mol. The first-order valence-corrected chi connectivity index (χ1v) is 12.4. The number of nitrogens with zero attached hydrogens (tertiary/aromatic N) is 3. The minimum atomic E-state index is -0.121. The number of methoxy groups -OCH3 is 1. The second-order valence-electron chi connectivity index (χ2n) is 10.4. The quantitative estimate of drug-likeness (QED) is 0.499. The van der Waals surface area contributed by atoms with Gasteiger partial charge in [-0.15, -0.1) is 0 Å². The van der Waals surface area contributed by atoms with Gasteiger partial charge >= 0.3 is 6.03 Å². The summed E-state index contributed by atoms with van der Waals surface area (Å²) in [6.45, 7) is 6.31. The van der Waals surface area contributed by atoms with Crippen LogP contribution in [-0.2, 0) is 12.1 Å². The summed E-state index contributed by atoms with van der Waals surface area (Å²) in [4.78, 5) is 20.3. The van der Waals surface area contributed by atoms with Crippen molar-refractivity contribution < 1.29 is 9.53 Å². The van der Waals surface area contributed by atoms with E-state index in [1.165, 1.54) is 11.1 Å². The van der Waals surface area contributed by atoms with Crippen LogP contribution < -0.4 is 4.74 Å². The second-order valence-corrected chi connectivity index (χ2v) is 10.4. The zero-order chi connectivity index (χ0) is 24.3. The Morgan fingerprint density at radius 3 is 2.21 bits per heavy atom. The number of carbonyl (C=O) groups excluding carboxylic acids is 1. The number of rotatable bonds is 7. The van der Waals surface area contributed by atoms with E-state index in [1.807, 2.05) is 17.0 Å². The number of benzene rings is 2. The maximum atomic E-state index is 13.7. The number of ether oxygens (including phenoxy) is 1. The number of urea groups is 1. The molecule has 2 amide bonds. The summed E-state index contributed by atoms with van der Waals surface area (Å²) in [6.07, 6.45) is 6.28. The third kappa shape index (κ3) is 4.58. The lowest BCUT2D eigenvalue weighted by molar-refractivity contribution is 0.0278. The van der Waals surface area contributed by atoms with E-state index in [1.54, 1.807) is 7.11 Å². The van der Waals surface area contributed by atoms with Crippen LogP contribution in [0.3, 0.4) is 0 Å². The van der Waals surface area contributed by atoms with Crippen LogP contribution in [0.4, 0.5) is 4.79 Å². The molecule has 1 saturated carbocycles. The maximum absolute atomic E-state index is 13.7. The van der Waals surface area contributed by atoms with Gasteiger partial charge < -0.3 is 14.5 Å². The summed E-state index contributed by atoms with van der Waals surface area (Å²) in [5.41, 5.74) is 3.66. The normalized spacial score (nSPS) is 24.7. The molecule has 2 aliphatic rings. The highest BCUT2D eigenvalue weighted by Crippen LogP contribution is 2.49. The van der Waals surface area contributed by atoms with Crippen LogP contribution in [0.2, 0.25) is 0 Å². The predicted octanol–water partition coefficient (Wildman–Crippen LogP) is 5.67. The summed E-state index contributed by atoms with van der Waals surface area (Å²) in [6, 6.07) is 19.1. The van der Waals surface area contributed by atoms with E-state index in [0.29, 0.717) is 13.1 Å². The predicted molar refractivity (Wildman–Crippen MR) is 138 cm³/mol. The Bertz CT molecular complexity index is 1000. The minimum absolute atomic E-state index is 0.0150. The summed E-state index contributed by atoms with van der Waals surface area (Å²) >= 11 is 0. The van der Waals surface area contributed by atoms with E-state index in [4.69, 9.17) is 4.74 Å². The molecule has 1 saturated heterocycles. The van der Waals surface area contributed by atoms with Crippen molar-refractivity contribution in [2.45, 2.75) is 57.2 Å². The van der Waals surface area contributed by atoms with Crippen molar-refractivity contribution in [2.24, 2.45) is 0 Å². The minimum Gasteiger partial charge on any atom is -0.497 e. The monoisotopic (exact) mass is 461 g/mol. The van der Waals surface area contributed by atoms with Crippen molar-refractivity contribution in [3.05, 3.63) is 77.4 Å². The Morgan fingerprint density at radius 1 is 1.00 bits per heavy atom. The van der Waals surface area contributed by atoms with Crippen LogP contribution in [0.15, 0.2) is 66.2 Å². The molecular formula is C29H39N3O2. The number of carbonyl (C=O) groups is 1. The van der Waals surface area contributed by atoms with Crippen molar-refractivity contribution in [1.82, 2.24) is 14.7 Å². The lowest BCUT2D eigenvalue weighted by Crippen LogP contribution is -2.55. The highest BCUT2D eigenvalue weighted by molar-refractivity contribution is 5.78. The molecular weight excluding hydrogens is 422 g/mol. The van der Waals surface area contributed by atoms with E-state index >= 15 is 0 Å². The third-order valence-electron chi connectivity index (χ3n) is 7.95. The molecule has 0 N–H and O–H groups in total. The van der Waals surface area contributed by atoms with Crippen LogP contribution in [0.25, 0.3) is 0 Å². The molecule has 0 radical (unpaired) electrons. The standard InChI is InChI=1S/C29H39N3O2/c1-23(2)15-20-32-27(33)31(21-24-11-13-26(34-5)14-12-24)22-28(32)16-18-29(19-17-28,30(3)4)25-9-7-6-8-10-25/h6-15H,16-22H2,1-5H3/t28-,29-. The summed E-state index contributed by atoms with van der Waals surface area (Å²) in [5, 5.41) is 0.